The number of pyridine rings is 1. The standard InChI is InChI=1S/C10H12N2O5/c1-3-17-10(13)5-8-9(12(14)15)4-7(16-2)6-11-8/h4,6H,3,5H2,1-2H3. The Kier molecular flexibility index (Phi) is 4.38. The van der Waals surface area contributed by atoms with Crippen molar-refractivity contribution in [3.05, 3.63) is 28.1 Å². The topological polar surface area (TPSA) is 91.6 Å². The van der Waals surface area contributed by atoms with Crippen molar-refractivity contribution in [2.75, 3.05) is 13.7 Å². The van der Waals surface area contributed by atoms with Crippen molar-refractivity contribution in [1.82, 2.24) is 4.98 Å². The first kappa shape index (κ1) is 12.9. The second-order valence-corrected chi connectivity index (χ2v) is 3.08. The van der Waals surface area contributed by atoms with Gasteiger partial charge in [-0.1, -0.05) is 0 Å². The summed E-state index contributed by atoms with van der Waals surface area (Å²) in [4.78, 5) is 25.2. The third kappa shape index (κ3) is 3.40. The zero-order chi connectivity index (χ0) is 12.8. The van der Waals surface area contributed by atoms with Crippen LogP contribution in [-0.4, -0.2) is 29.6 Å². The van der Waals surface area contributed by atoms with E-state index in [4.69, 9.17) is 9.47 Å². The number of aromatic nitrogens is 1. The second-order valence-electron chi connectivity index (χ2n) is 3.08. The lowest BCUT2D eigenvalue weighted by Crippen LogP contribution is -2.10. The summed E-state index contributed by atoms with van der Waals surface area (Å²) in [5.41, 5.74) is -0.188. The molecule has 0 bridgehead atoms. The van der Waals surface area contributed by atoms with Crippen molar-refractivity contribution in [3.63, 3.8) is 0 Å². The molecule has 0 amide bonds. The van der Waals surface area contributed by atoms with E-state index >= 15 is 0 Å². The van der Waals surface area contributed by atoms with E-state index in [1.54, 1.807) is 6.92 Å². The quantitative estimate of drug-likeness (QED) is 0.435. The largest absolute Gasteiger partial charge is 0.495 e. The molecule has 0 aliphatic heterocycles. The van der Waals surface area contributed by atoms with Gasteiger partial charge in [-0.15, -0.1) is 0 Å². The summed E-state index contributed by atoms with van der Waals surface area (Å²) in [6.07, 6.45) is 1.09. The molecule has 1 aromatic heterocycles. The fraction of sp³-hybridized carbons (Fsp3) is 0.400. The minimum absolute atomic E-state index is 0.0641. The molecule has 0 atom stereocenters. The molecule has 7 nitrogen and oxygen atoms in total. The molecule has 0 aromatic carbocycles. The molecule has 0 saturated heterocycles. The summed E-state index contributed by atoms with van der Waals surface area (Å²) in [5.74, 6) is -0.280. The summed E-state index contributed by atoms with van der Waals surface area (Å²) in [6.45, 7) is 1.89. The Hall–Kier alpha value is -2.18. The molecule has 0 fully saturated rings. The highest BCUT2D eigenvalue weighted by Gasteiger charge is 2.19. The Labute approximate surface area is 97.5 Å². The van der Waals surface area contributed by atoms with Crippen LogP contribution in [0.3, 0.4) is 0 Å². The van der Waals surface area contributed by atoms with Gasteiger partial charge in [0.25, 0.3) is 5.69 Å². The number of hydrogen-bond donors (Lipinski definition) is 0. The minimum Gasteiger partial charge on any atom is -0.495 e. The normalized spacial score (nSPS) is 9.76. The Morgan fingerprint density at radius 1 is 1.59 bits per heavy atom. The Morgan fingerprint density at radius 2 is 2.29 bits per heavy atom. The minimum atomic E-state index is -0.607. The van der Waals surface area contributed by atoms with E-state index in [0.717, 1.165) is 0 Å². The van der Waals surface area contributed by atoms with Crippen LogP contribution in [-0.2, 0) is 16.0 Å². The predicted octanol–water partition coefficient (Wildman–Crippen LogP) is 1.10. The number of ether oxygens (including phenoxy) is 2. The maximum Gasteiger partial charge on any atom is 0.312 e. The van der Waals surface area contributed by atoms with Gasteiger partial charge >= 0.3 is 5.97 Å². The number of rotatable bonds is 5. The third-order valence-electron chi connectivity index (χ3n) is 1.97. The van der Waals surface area contributed by atoms with Crippen molar-refractivity contribution >= 4 is 11.7 Å². The lowest BCUT2D eigenvalue weighted by Gasteiger charge is -2.04. The van der Waals surface area contributed by atoms with Crippen LogP contribution in [0.5, 0.6) is 5.75 Å². The first-order chi connectivity index (χ1) is 8.08. The van der Waals surface area contributed by atoms with Crippen LogP contribution in [0.15, 0.2) is 12.3 Å². The van der Waals surface area contributed by atoms with E-state index in [9.17, 15) is 14.9 Å². The zero-order valence-corrected chi connectivity index (χ0v) is 9.50. The van der Waals surface area contributed by atoms with Crippen LogP contribution < -0.4 is 4.74 Å². The summed E-state index contributed by atoms with van der Waals surface area (Å²) < 4.78 is 9.53. The van der Waals surface area contributed by atoms with E-state index in [1.807, 2.05) is 0 Å². The Bertz CT molecular complexity index is 433. The number of hydrogen-bond acceptors (Lipinski definition) is 6. The highest BCUT2D eigenvalue weighted by atomic mass is 16.6. The van der Waals surface area contributed by atoms with Crippen molar-refractivity contribution in [2.45, 2.75) is 13.3 Å². The average Bonchev–Trinajstić information content (AvgIpc) is 2.29. The van der Waals surface area contributed by atoms with Gasteiger partial charge in [-0.2, -0.15) is 0 Å². The van der Waals surface area contributed by atoms with Crippen LogP contribution in [0.4, 0.5) is 5.69 Å². The maximum absolute atomic E-state index is 11.2. The van der Waals surface area contributed by atoms with Gasteiger partial charge in [-0.25, -0.2) is 4.98 Å². The lowest BCUT2D eigenvalue weighted by molar-refractivity contribution is -0.386. The summed E-state index contributed by atoms with van der Waals surface area (Å²) in [6, 6.07) is 1.22. The Balaban J connectivity index is 2.98. The Morgan fingerprint density at radius 3 is 2.82 bits per heavy atom. The molecule has 17 heavy (non-hydrogen) atoms. The van der Waals surface area contributed by atoms with E-state index in [0.29, 0.717) is 0 Å². The number of carbonyl (C=O) groups is 1. The molecule has 7 heteroatoms. The molecule has 0 radical (unpaired) electrons. The van der Waals surface area contributed by atoms with Crippen LogP contribution in [0.25, 0.3) is 0 Å². The van der Waals surface area contributed by atoms with Gasteiger partial charge in [-0.3, -0.25) is 14.9 Å². The number of esters is 1. The summed E-state index contributed by atoms with van der Waals surface area (Å²) >= 11 is 0. The second kappa shape index (κ2) is 5.78. The van der Waals surface area contributed by atoms with Crippen molar-refractivity contribution in [1.29, 1.82) is 0 Å². The molecule has 0 spiro atoms. The average molecular weight is 240 g/mol. The smallest absolute Gasteiger partial charge is 0.312 e. The SMILES string of the molecule is CCOC(=O)Cc1ncc(OC)cc1[N+](=O)[O-]. The van der Waals surface area contributed by atoms with Gasteiger partial charge in [0.2, 0.25) is 0 Å². The predicted molar refractivity (Wildman–Crippen MR) is 57.8 cm³/mol. The summed E-state index contributed by atoms with van der Waals surface area (Å²) in [7, 11) is 1.38. The fourth-order valence-corrected chi connectivity index (χ4v) is 1.22. The molecule has 0 aliphatic rings. The maximum atomic E-state index is 11.2. The summed E-state index contributed by atoms with van der Waals surface area (Å²) in [5, 5.41) is 10.8. The van der Waals surface area contributed by atoms with Gasteiger partial charge in [0.15, 0.2) is 0 Å². The molecular weight excluding hydrogens is 228 g/mol. The van der Waals surface area contributed by atoms with E-state index in [1.165, 1.54) is 19.4 Å². The number of nitrogens with zero attached hydrogens (tertiary/aromatic N) is 2. The fourth-order valence-electron chi connectivity index (χ4n) is 1.22. The van der Waals surface area contributed by atoms with Gasteiger partial charge in [0, 0.05) is 0 Å². The first-order valence-corrected chi connectivity index (χ1v) is 4.91. The molecule has 92 valence electrons. The molecule has 0 N–H and O–H groups in total. The molecule has 0 saturated carbocycles. The highest BCUT2D eigenvalue weighted by Crippen LogP contribution is 2.22. The van der Waals surface area contributed by atoms with E-state index < -0.39 is 10.9 Å². The van der Waals surface area contributed by atoms with Crippen LogP contribution in [0.2, 0.25) is 0 Å². The van der Waals surface area contributed by atoms with E-state index in [2.05, 4.69) is 4.98 Å². The van der Waals surface area contributed by atoms with Crippen molar-refractivity contribution in [3.8, 4) is 5.75 Å². The molecule has 1 aromatic rings. The molecule has 1 rings (SSSR count). The molecule has 0 aliphatic carbocycles. The van der Waals surface area contributed by atoms with Gasteiger partial charge < -0.3 is 9.47 Å². The zero-order valence-electron chi connectivity index (χ0n) is 9.50. The van der Waals surface area contributed by atoms with Crippen LogP contribution >= 0.6 is 0 Å². The first-order valence-electron chi connectivity index (χ1n) is 4.91. The molecule has 1 heterocycles. The van der Waals surface area contributed by atoms with Gasteiger partial charge in [-0.05, 0) is 6.92 Å². The van der Waals surface area contributed by atoms with Crippen molar-refractivity contribution in [2.24, 2.45) is 0 Å². The number of methoxy groups -OCH3 is 1. The van der Waals surface area contributed by atoms with Gasteiger partial charge in [0.1, 0.15) is 11.4 Å². The molecule has 0 unspecified atom stereocenters. The monoisotopic (exact) mass is 240 g/mol. The molecular formula is C10H12N2O5. The third-order valence-corrected chi connectivity index (χ3v) is 1.97. The van der Waals surface area contributed by atoms with Gasteiger partial charge in [0.05, 0.1) is 37.3 Å². The van der Waals surface area contributed by atoms with Crippen LogP contribution in [0.1, 0.15) is 12.6 Å². The van der Waals surface area contributed by atoms with Crippen molar-refractivity contribution < 1.29 is 19.2 Å². The number of nitro groups is 1. The number of carbonyl (C=O) groups excluding carboxylic acids is 1. The lowest BCUT2D eigenvalue weighted by atomic mass is 10.2. The van der Waals surface area contributed by atoms with E-state index in [-0.39, 0.29) is 30.2 Å². The van der Waals surface area contributed by atoms with Crippen LogP contribution in [0, 0.1) is 10.1 Å². The highest BCUT2D eigenvalue weighted by molar-refractivity contribution is 5.73.